The Morgan fingerprint density at radius 2 is 1.94 bits per heavy atom. The minimum absolute atomic E-state index is 0.0725. The van der Waals surface area contributed by atoms with Crippen LogP contribution in [0.25, 0.3) is 11.0 Å². The zero-order chi connectivity index (χ0) is 25.5. The number of nitrogens with zero attached hydrogens (tertiary/aromatic N) is 3. The molecule has 11 heteroatoms. The summed E-state index contributed by atoms with van der Waals surface area (Å²) in [6.07, 6.45) is 2.44. The van der Waals surface area contributed by atoms with Crippen LogP contribution in [-0.4, -0.2) is 64.1 Å². The van der Waals surface area contributed by atoms with Gasteiger partial charge in [0.2, 0.25) is 5.91 Å². The fourth-order valence-electron chi connectivity index (χ4n) is 4.07. The first-order chi connectivity index (χ1) is 17.4. The van der Waals surface area contributed by atoms with Crippen molar-refractivity contribution in [1.82, 2.24) is 24.8 Å². The third-order valence-electron chi connectivity index (χ3n) is 5.96. The molecule has 0 bridgehead atoms. The molecule has 1 fully saturated rings. The number of rotatable bonds is 9. The van der Waals surface area contributed by atoms with Crippen LogP contribution in [0.3, 0.4) is 0 Å². The van der Waals surface area contributed by atoms with Crippen molar-refractivity contribution in [2.75, 3.05) is 38.2 Å². The summed E-state index contributed by atoms with van der Waals surface area (Å²) in [6, 6.07) is 8.69. The van der Waals surface area contributed by atoms with E-state index in [1.807, 2.05) is 19.1 Å². The van der Waals surface area contributed by atoms with Crippen LogP contribution >= 0.6 is 0 Å². The topological polar surface area (TPSA) is 138 Å². The number of aromatic amines is 1. The monoisotopic (exact) mass is 494 g/mol. The number of hydrogen-bond acceptors (Lipinski definition) is 7. The molecule has 0 spiro atoms. The van der Waals surface area contributed by atoms with E-state index in [0.29, 0.717) is 44.8 Å². The number of morpholine rings is 1. The van der Waals surface area contributed by atoms with Crippen LogP contribution in [0.4, 0.5) is 5.69 Å². The number of aryl methyl sites for hydroxylation is 1. The molecule has 1 aromatic carbocycles. The summed E-state index contributed by atoms with van der Waals surface area (Å²) in [5.74, 6) is -0.478. The van der Waals surface area contributed by atoms with Crippen molar-refractivity contribution < 1.29 is 14.3 Å². The van der Waals surface area contributed by atoms with Crippen molar-refractivity contribution >= 4 is 28.5 Å². The number of pyridine rings is 1. The first-order valence-electron chi connectivity index (χ1n) is 12.0. The Balaban J connectivity index is 1.37. The molecule has 190 valence electrons. The number of ether oxygens (including phenoxy) is 1. The molecule has 11 nitrogen and oxygen atoms in total. The lowest BCUT2D eigenvalue weighted by molar-refractivity contribution is -0.116. The van der Waals surface area contributed by atoms with Gasteiger partial charge in [0.1, 0.15) is 5.65 Å². The predicted molar refractivity (Wildman–Crippen MR) is 135 cm³/mol. The quantitative estimate of drug-likeness (QED) is 0.405. The molecular formula is C25H30N6O5. The van der Waals surface area contributed by atoms with E-state index in [-0.39, 0.29) is 29.0 Å². The molecule has 1 aliphatic rings. The summed E-state index contributed by atoms with van der Waals surface area (Å²) in [7, 11) is 0. The number of amides is 2. The minimum atomic E-state index is -0.582. The van der Waals surface area contributed by atoms with Gasteiger partial charge in [-0.25, -0.2) is 9.78 Å². The van der Waals surface area contributed by atoms with Crippen LogP contribution in [-0.2, 0) is 22.6 Å². The summed E-state index contributed by atoms with van der Waals surface area (Å²) in [6.45, 7) is 6.29. The SMILES string of the molecule is CCCn1c(=O)[nH]c(=O)c2cc(C(=O)NCc3cccc(NC(=O)CCN4CCOCC4)c3)cnc21. The highest BCUT2D eigenvalue weighted by molar-refractivity contribution is 5.96. The average Bonchev–Trinajstić information content (AvgIpc) is 2.89. The van der Waals surface area contributed by atoms with Gasteiger partial charge in [-0.3, -0.25) is 28.8 Å². The number of fused-ring (bicyclic) bond motifs is 1. The Morgan fingerprint density at radius 1 is 1.14 bits per heavy atom. The maximum atomic E-state index is 12.7. The number of benzene rings is 1. The van der Waals surface area contributed by atoms with Gasteiger partial charge in [-0.15, -0.1) is 0 Å². The van der Waals surface area contributed by atoms with E-state index in [2.05, 4.69) is 25.5 Å². The van der Waals surface area contributed by atoms with Crippen LogP contribution in [0.5, 0.6) is 0 Å². The van der Waals surface area contributed by atoms with Gasteiger partial charge in [0.25, 0.3) is 11.5 Å². The van der Waals surface area contributed by atoms with Crippen molar-refractivity contribution in [3.05, 3.63) is 68.5 Å². The molecule has 3 N–H and O–H groups in total. The van der Waals surface area contributed by atoms with E-state index in [9.17, 15) is 19.2 Å². The molecule has 0 unspecified atom stereocenters. The molecule has 4 rings (SSSR count). The third-order valence-corrected chi connectivity index (χ3v) is 5.96. The highest BCUT2D eigenvalue weighted by Gasteiger charge is 2.14. The molecule has 1 saturated heterocycles. The second kappa shape index (κ2) is 11.7. The highest BCUT2D eigenvalue weighted by atomic mass is 16.5. The van der Waals surface area contributed by atoms with Gasteiger partial charge in [0.15, 0.2) is 0 Å². The molecule has 0 aliphatic carbocycles. The Kier molecular flexibility index (Phi) is 8.24. The zero-order valence-corrected chi connectivity index (χ0v) is 20.2. The Bertz CT molecular complexity index is 1360. The van der Waals surface area contributed by atoms with E-state index in [4.69, 9.17) is 4.74 Å². The van der Waals surface area contributed by atoms with Crippen molar-refractivity contribution in [1.29, 1.82) is 0 Å². The number of anilines is 1. The lowest BCUT2D eigenvalue weighted by atomic mass is 10.1. The van der Waals surface area contributed by atoms with Crippen molar-refractivity contribution in [3.63, 3.8) is 0 Å². The van der Waals surface area contributed by atoms with E-state index in [1.165, 1.54) is 16.8 Å². The second-order valence-electron chi connectivity index (χ2n) is 8.64. The van der Waals surface area contributed by atoms with Gasteiger partial charge < -0.3 is 15.4 Å². The van der Waals surface area contributed by atoms with E-state index < -0.39 is 17.2 Å². The van der Waals surface area contributed by atoms with Crippen LogP contribution in [0.2, 0.25) is 0 Å². The number of H-pyrrole nitrogens is 1. The largest absolute Gasteiger partial charge is 0.379 e. The number of carbonyl (C=O) groups is 2. The van der Waals surface area contributed by atoms with Crippen LogP contribution < -0.4 is 21.9 Å². The number of nitrogens with one attached hydrogen (secondary N) is 3. The zero-order valence-electron chi connectivity index (χ0n) is 20.2. The standard InChI is InChI=1S/C25H30N6O5/c1-2-7-31-22-20(24(34)29-25(31)35)14-18(16-26-22)23(33)27-15-17-4-3-5-19(13-17)28-21(32)6-8-30-9-11-36-12-10-30/h3-5,13-14,16H,2,6-12,15H2,1H3,(H,27,33)(H,28,32)(H,29,34,35). The van der Waals surface area contributed by atoms with Gasteiger partial charge in [0, 0.05) is 51.0 Å². The lowest BCUT2D eigenvalue weighted by Gasteiger charge is -2.26. The summed E-state index contributed by atoms with van der Waals surface area (Å²) in [5, 5.41) is 5.89. The molecule has 0 atom stereocenters. The maximum Gasteiger partial charge on any atom is 0.329 e. The molecule has 36 heavy (non-hydrogen) atoms. The van der Waals surface area contributed by atoms with Gasteiger partial charge >= 0.3 is 5.69 Å². The maximum absolute atomic E-state index is 12.7. The van der Waals surface area contributed by atoms with Gasteiger partial charge in [-0.1, -0.05) is 19.1 Å². The first-order valence-corrected chi connectivity index (χ1v) is 12.0. The first kappa shape index (κ1) is 25.3. The van der Waals surface area contributed by atoms with Crippen molar-refractivity contribution in [2.24, 2.45) is 0 Å². The van der Waals surface area contributed by atoms with Crippen LogP contribution in [0.15, 0.2) is 46.1 Å². The molecular weight excluding hydrogens is 464 g/mol. The van der Waals surface area contributed by atoms with E-state index in [1.54, 1.807) is 12.1 Å². The molecule has 3 heterocycles. The highest BCUT2D eigenvalue weighted by Crippen LogP contribution is 2.13. The van der Waals surface area contributed by atoms with Gasteiger partial charge in [0.05, 0.1) is 24.2 Å². The molecule has 2 amide bonds. The fourth-order valence-corrected chi connectivity index (χ4v) is 4.07. The number of carbonyl (C=O) groups excluding carboxylic acids is 2. The average molecular weight is 495 g/mol. The van der Waals surface area contributed by atoms with E-state index >= 15 is 0 Å². The van der Waals surface area contributed by atoms with Crippen LogP contribution in [0, 0.1) is 0 Å². The third kappa shape index (κ3) is 6.23. The molecule has 3 aromatic rings. The molecule has 1 aliphatic heterocycles. The smallest absolute Gasteiger partial charge is 0.329 e. The van der Waals surface area contributed by atoms with E-state index in [0.717, 1.165) is 18.7 Å². The molecule has 0 saturated carbocycles. The summed E-state index contributed by atoms with van der Waals surface area (Å²) < 4.78 is 6.71. The Hall–Kier alpha value is -3.83. The van der Waals surface area contributed by atoms with Gasteiger partial charge in [-0.2, -0.15) is 0 Å². The van der Waals surface area contributed by atoms with Crippen molar-refractivity contribution in [2.45, 2.75) is 32.9 Å². The summed E-state index contributed by atoms with van der Waals surface area (Å²) in [5.41, 5.74) is 0.814. The number of aromatic nitrogens is 3. The second-order valence-corrected chi connectivity index (χ2v) is 8.64. The van der Waals surface area contributed by atoms with Gasteiger partial charge in [-0.05, 0) is 30.2 Å². The molecule has 2 aromatic heterocycles. The summed E-state index contributed by atoms with van der Waals surface area (Å²) in [4.78, 5) is 58.1. The van der Waals surface area contributed by atoms with Crippen LogP contribution in [0.1, 0.15) is 35.7 Å². The minimum Gasteiger partial charge on any atom is -0.379 e. The van der Waals surface area contributed by atoms with Crippen molar-refractivity contribution in [3.8, 4) is 0 Å². The Morgan fingerprint density at radius 3 is 2.72 bits per heavy atom. The molecule has 0 radical (unpaired) electrons. The number of hydrogen-bond donors (Lipinski definition) is 3. The normalized spacial score (nSPS) is 14.0. The lowest BCUT2D eigenvalue weighted by Crippen LogP contribution is -2.38. The summed E-state index contributed by atoms with van der Waals surface area (Å²) >= 11 is 0. The predicted octanol–water partition coefficient (Wildman–Crippen LogP) is 1.09. The fraction of sp³-hybridized carbons (Fsp3) is 0.400. The Labute approximate surface area is 207 Å².